The number of fused-ring (bicyclic) bond motifs is 3. The fourth-order valence-corrected chi connectivity index (χ4v) is 4.90. The lowest BCUT2D eigenvalue weighted by atomic mass is 9.97. The molecule has 0 saturated carbocycles. The Labute approximate surface area is 165 Å². The quantitative estimate of drug-likeness (QED) is 0.649. The van der Waals surface area contributed by atoms with Crippen LogP contribution in [0.25, 0.3) is 10.2 Å². The van der Waals surface area contributed by atoms with Crippen LogP contribution >= 0.6 is 22.9 Å². The SMILES string of the molecule is O=C(CCc1nc2sc3c(c2c(=O)[nH]1)CCCC3)OCc1cccc(Cl)c1. The van der Waals surface area contributed by atoms with Gasteiger partial charge in [-0.3, -0.25) is 9.59 Å². The van der Waals surface area contributed by atoms with E-state index < -0.39 is 0 Å². The van der Waals surface area contributed by atoms with E-state index in [-0.39, 0.29) is 24.6 Å². The maximum atomic E-state index is 12.5. The molecule has 0 fully saturated rings. The van der Waals surface area contributed by atoms with Crippen molar-refractivity contribution >= 4 is 39.1 Å². The molecule has 0 unspecified atom stereocenters. The molecule has 0 atom stereocenters. The number of carbonyl (C=O) groups is 1. The molecule has 4 rings (SSSR count). The smallest absolute Gasteiger partial charge is 0.306 e. The third-order valence-electron chi connectivity index (χ3n) is 4.73. The number of aromatic amines is 1. The molecule has 1 aliphatic rings. The zero-order chi connectivity index (χ0) is 18.8. The highest BCUT2D eigenvalue weighted by atomic mass is 35.5. The Kier molecular flexibility index (Phi) is 5.27. The van der Waals surface area contributed by atoms with Crippen LogP contribution in [0.4, 0.5) is 0 Å². The van der Waals surface area contributed by atoms with Gasteiger partial charge in [-0.2, -0.15) is 0 Å². The Hall–Kier alpha value is -2.18. The Morgan fingerprint density at radius 3 is 3.00 bits per heavy atom. The molecule has 2 heterocycles. The molecule has 140 valence electrons. The molecule has 0 amide bonds. The minimum atomic E-state index is -0.330. The maximum Gasteiger partial charge on any atom is 0.306 e. The number of ether oxygens (including phenoxy) is 1. The van der Waals surface area contributed by atoms with E-state index in [9.17, 15) is 9.59 Å². The number of esters is 1. The predicted molar refractivity (Wildman–Crippen MR) is 106 cm³/mol. The van der Waals surface area contributed by atoms with Crippen molar-refractivity contribution in [2.24, 2.45) is 0 Å². The summed E-state index contributed by atoms with van der Waals surface area (Å²) in [5, 5.41) is 1.35. The maximum absolute atomic E-state index is 12.5. The summed E-state index contributed by atoms with van der Waals surface area (Å²) in [6.45, 7) is 0.181. The molecule has 3 aromatic rings. The molecule has 0 spiro atoms. The number of hydrogen-bond donors (Lipinski definition) is 1. The summed E-state index contributed by atoms with van der Waals surface area (Å²) >= 11 is 7.53. The number of halogens is 1. The lowest BCUT2D eigenvalue weighted by Crippen LogP contribution is -2.14. The summed E-state index contributed by atoms with van der Waals surface area (Å²) in [6.07, 6.45) is 4.79. The predicted octanol–water partition coefficient (Wildman–Crippen LogP) is 4.19. The van der Waals surface area contributed by atoms with Crippen LogP contribution in [-0.2, 0) is 35.4 Å². The van der Waals surface area contributed by atoms with Crippen molar-refractivity contribution in [2.45, 2.75) is 45.1 Å². The number of nitrogens with one attached hydrogen (secondary N) is 1. The first kappa shape index (κ1) is 18.2. The van der Waals surface area contributed by atoms with Gasteiger partial charge in [0.05, 0.1) is 11.8 Å². The van der Waals surface area contributed by atoms with Gasteiger partial charge in [0.2, 0.25) is 0 Å². The van der Waals surface area contributed by atoms with Gasteiger partial charge >= 0.3 is 5.97 Å². The van der Waals surface area contributed by atoms with Gasteiger partial charge in [-0.15, -0.1) is 11.3 Å². The van der Waals surface area contributed by atoms with E-state index in [1.807, 2.05) is 12.1 Å². The second-order valence-corrected chi connectivity index (χ2v) is 8.21. The first-order valence-corrected chi connectivity index (χ1v) is 10.2. The molecule has 7 heteroatoms. The van der Waals surface area contributed by atoms with Crippen LogP contribution < -0.4 is 5.56 Å². The van der Waals surface area contributed by atoms with Crippen molar-refractivity contribution in [3.8, 4) is 0 Å². The summed E-state index contributed by atoms with van der Waals surface area (Å²) in [6, 6.07) is 7.20. The largest absolute Gasteiger partial charge is 0.461 e. The molecular formula is C20H19ClN2O3S. The third kappa shape index (κ3) is 4.06. The van der Waals surface area contributed by atoms with E-state index in [1.54, 1.807) is 23.5 Å². The van der Waals surface area contributed by atoms with E-state index in [0.717, 1.165) is 35.0 Å². The molecule has 2 aromatic heterocycles. The molecule has 1 aliphatic carbocycles. The highest BCUT2D eigenvalue weighted by Crippen LogP contribution is 2.33. The molecule has 0 saturated heterocycles. The van der Waals surface area contributed by atoms with Crippen LogP contribution in [0, 0.1) is 0 Å². The van der Waals surface area contributed by atoms with Crippen molar-refractivity contribution in [2.75, 3.05) is 0 Å². The fraction of sp³-hybridized carbons (Fsp3) is 0.350. The number of hydrogen-bond acceptors (Lipinski definition) is 5. The summed E-state index contributed by atoms with van der Waals surface area (Å²) in [5.74, 6) is 0.203. The highest BCUT2D eigenvalue weighted by Gasteiger charge is 2.20. The van der Waals surface area contributed by atoms with Crippen molar-refractivity contribution in [1.29, 1.82) is 0 Å². The molecule has 1 N–H and O–H groups in total. The van der Waals surface area contributed by atoms with Crippen molar-refractivity contribution < 1.29 is 9.53 Å². The summed E-state index contributed by atoms with van der Waals surface area (Å²) in [7, 11) is 0. The van der Waals surface area contributed by atoms with Gasteiger partial charge in [0.15, 0.2) is 0 Å². The highest BCUT2D eigenvalue weighted by molar-refractivity contribution is 7.18. The second-order valence-electron chi connectivity index (χ2n) is 6.69. The molecule has 0 radical (unpaired) electrons. The average Bonchev–Trinajstić information content (AvgIpc) is 3.03. The number of benzene rings is 1. The van der Waals surface area contributed by atoms with E-state index >= 15 is 0 Å². The van der Waals surface area contributed by atoms with Crippen LogP contribution in [0.2, 0.25) is 5.02 Å². The van der Waals surface area contributed by atoms with Gasteiger partial charge in [0.25, 0.3) is 5.56 Å². The van der Waals surface area contributed by atoms with Crippen molar-refractivity contribution in [1.82, 2.24) is 9.97 Å². The van der Waals surface area contributed by atoms with Gasteiger partial charge in [-0.1, -0.05) is 23.7 Å². The standard InChI is InChI=1S/C20H19ClN2O3S/c21-13-5-3-4-12(10-13)11-26-17(24)9-8-16-22-19(25)18-14-6-1-2-7-15(14)27-20(18)23-16/h3-5,10H,1-2,6-9,11H2,(H,22,23,25). The van der Waals surface area contributed by atoms with Crippen LogP contribution in [0.3, 0.4) is 0 Å². The van der Waals surface area contributed by atoms with Gasteiger partial charge in [-0.25, -0.2) is 4.98 Å². The lowest BCUT2D eigenvalue weighted by molar-refractivity contribution is -0.144. The van der Waals surface area contributed by atoms with Crippen molar-refractivity contribution in [3.63, 3.8) is 0 Å². The second kappa shape index (κ2) is 7.82. The fourth-order valence-electron chi connectivity index (χ4n) is 3.41. The topological polar surface area (TPSA) is 72.0 Å². The summed E-state index contributed by atoms with van der Waals surface area (Å²) < 4.78 is 5.27. The summed E-state index contributed by atoms with van der Waals surface area (Å²) in [5.41, 5.74) is 1.91. The molecular weight excluding hydrogens is 384 g/mol. The van der Waals surface area contributed by atoms with Gasteiger partial charge in [0, 0.05) is 16.3 Å². The molecule has 0 aliphatic heterocycles. The van der Waals surface area contributed by atoms with Gasteiger partial charge in [0.1, 0.15) is 17.3 Å². The van der Waals surface area contributed by atoms with Crippen molar-refractivity contribution in [3.05, 3.63) is 61.5 Å². The minimum Gasteiger partial charge on any atom is -0.461 e. The zero-order valence-corrected chi connectivity index (χ0v) is 16.3. The normalized spacial score (nSPS) is 13.5. The number of carbonyl (C=O) groups excluding carboxylic acids is 1. The first-order valence-electron chi connectivity index (χ1n) is 9.03. The summed E-state index contributed by atoms with van der Waals surface area (Å²) in [4.78, 5) is 34.0. The molecule has 0 bridgehead atoms. The number of thiophene rings is 1. The monoisotopic (exact) mass is 402 g/mol. The van der Waals surface area contributed by atoms with Gasteiger partial charge < -0.3 is 9.72 Å². The zero-order valence-electron chi connectivity index (χ0n) is 14.7. The Morgan fingerprint density at radius 1 is 1.30 bits per heavy atom. The van der Waals surface area contributed by atoms with E-state index in [0.29, 0.717) is 17.3 Å². The number of aromatic nitrogens is 2. The van der Waals surface area contributed by atoms with Crippen LogP contribution in [0.5, 0.6) is 0 Å². The van der Waals surface area contributed by atoms with E-state index in [4.69, 9.17) is 16.3 Å². The Balaban J connectivity index is 1.41. The average molecular weight is 403 g/mol. The number of H-pyrrole nitrogens is 1. The number of nitrogens with zero attached hydrogens (tertiary/aromatic N) is 1. The van der Waals surface area contributed by atoms with Crippen LogP contribution in [0.15, 0.2) is 29.1 Å². The number of rotatable bonds is 5. The molecule has 27 heavy (non-hydrogen) atoms. The molecule has 1 aromatic carbocycles. The van der Waals surface area contributed by atoms with E-state index in [2.05, 4.69) is 9.97 Å². The van der Waals surface area contributed by atoms with Gasteiger partial charge in [-0.05, 0) is 48.9 Å². The minimum absolute atomic E-state index is 0.0957. The van der Waals surface area contributed by atoms with Crippen LogP contribution in [-0.4, -0.2) is 15.9 Å². The first-order chi connectivity index (χ1) is 13.1. The number of aryl methyl sites for hydroxylation is 3. The third-order valence-corrected chi connectivity index (χ3v) is 6.15. The Morgan fingerprint density at radius 2 is 2.15 bits per heavy atom. The molecule has 5 nitrogen and oxygen atoms in total. The Bertz CT molecular complexity index is 1060. The van der Waals surface area contributed by atoms with Crippen LogP contribution in [0.1, 0.15) is 41.1 Å². The lowest BCUT2D eigenvalue weighted by Gasteiger charge is -2.09. The van der Waals surface area contributed by atoms with E-state index in [1.165, 1.54) is 16.9 Å².